The van der Waals surface area contributed by atoms with Crippen LogP contribution in [0.3, 0.4) is 0 Å². The molecule has 0 saturated heterocycles. The largest absolute Gasteiger partial charge is 0.455 e. The van der Waals surface area contributed by atoms with Gasteiger partial charge in [0.1, 0.15) is 5.75 Å². The van der Waals surface area contributed by atoms with Crippen LogP contribution in [0.15, 0.2) is 41.7 Å². The monoisotopic (exact) mass is 257 g/mol. The molecule has 0 unspecified atom stereocenters. The van der Waals surface area contributed by atoms with Gasteiger partial charge in [-0.25, -0.2) is 4.98 Å². The topological polar surface area (TPSA) is 80.7 Å². The van der Waals surface area contributed by atoms with E-state index in [2.05, 4.69) is 10.1 Å². The van der Waals surface area contributed by atoms with Gasteiger partial charge in [-0.15, -0.1) is 0 Å². The average molecular weight is 257 g/mol. The lowest BCUT2D eigenvalue weighted by atomic mass is 10.1. The van der Waals surface area contributed by atoms with E-state index in [4.69, 9.17) is 15.7 Å². The highest BCUT2D eigenvalue weighted by atomic mass is 16.5. The van der Waals surface area contributed by atoms with E-state index in [1.807, 2.05) is 32.0 Å². The van der Waals surface area contributed by atoms with E-state index in [0.29, 0.717) is 17.2 Å². The van der Waals surface area contributed by atoms with E-state index in [-0.39, 0.29) is 5.84 Å². The molecule has 0 radical (unpaired) electrons. The first kappa shape index (κ1) is 12.9. The fourth-order valence-electron chi connectivity index (χ4n) is 1.74. The molecule has 0 aliphatic heterocycles. The first-order chi connectivity index (χ1) is 9.11. The van der Waals surface area contributed by atoms with Crippen molar-refractivity contribution in [2.75, 3.05) is 0 Å². The number of ether oxygens (including phenoxy) is 1. The minimum absolute atomic E-state index is 0.0830. The molecule has 19 heavy (non-hydrogen) atoms. The van der Waals surface area contributed by atoms with Gasteiger partial charge in [0, 0.05) is 6.20 Å². The number of benzene rings is 1. The molecule has 0 saturated carbocycles. The Morgan fingerprint density at radius 3 is 2.74 bits per heavy atom. The number of pyridine rings is 1. The summed E-state index contributed by atoms with van der Waals surface area (Å²) in [5.74, 6) is 1.08. The highest BCUT2D eigenvalue weighted by molar-refractivity contribution is 5.97. The van der Waals surface area contributed by atoms with Crippen molar-refractivity contribution in [1.82, 2.24) is 4.98 Å². The smallest absolute Gasteiger partial charge is 0.192 e. The highest BCUT2D eigenvalue weighted by Crippen LogP contribution is 2.27. The number of nitrogens with zero attached hydrogens (tertiary/aromatic N) is 2. The van der Waals surface area contributed by atoms with Gasteiger partial charge in [0.2, 0.25) is 0 Å². The summed E-state index contributed by atoms with van der Waals surface area (Å²) < 4.78 is 5.78. The van der Waals surface area contributed by atoms with Gasteiger partial charge in [-0.1, -0.05) is 22.9 Å². The molecule has 0 fully saturated rings. The SMILES string of the molecule is Cc1ccc(Oc2cccnc2/C(N)=N/O)c(C)c1. The Kier molecular flexibility index (Phi) is 3.66. The second-order valence-corrected chi connectivity index (χ2v) is 4.21. The third kappa shape index (κ3) is 2.82. The normalized spacial score (nSPS) is 11.4. The maximum atomic E-state index is 8.74. The number of rotatable bonds is 3. The molecule has 98 valence electrons. The Morgan fingerprint density at radius 1 is 1.26 bits per heavy atom. The molecular formula is C14H15N3O2. The fraction of sp³-hybridized carbons (Fsp3) is 0.143. The first-order valence-electron chi connectivity index (χ1n) is 5.80. The van der Waals surface area contributed by atoms with Gasteiger partial charge in [-0.2, -0.15) is 0 Å². The van der Waals surface area contributed by atoms with Crippen LogP contribution in [0.1, 0.15) is 16.8 Å². The van der Waals surface area contributed by atoms with E-state index in [0.717, 1.165) is 11.1 Å². The summed E-state index contributed by atoms with van der Waals surface area (Å²) in [7, 11) is 0. The number of nitrogens with two attached hydrogens (primary N) is 1. The average Bonchev–Trinajstić information content (AvgIpc) is 2.41. The third-order valence-electron chi connectivity index (χ3n) is 2.67. The standard InChI is InChI=1S/C14H15N3O2/c1-9-5-6-11(10(2)8-9)19-12-4-3-7-16-13(12)14(15)17-18/h3-8,18H,1-2H3,(H2,15,17). The number of hydrogen-bond acceptors (Lipinski definition) is 4. The second kappa shape index (κ2) is 5.39. The van der Waals surface area contributed by atoms with Crippen LogP contribution in [-0.4, -0.2) is 16.0 Å². The van der Waals surface area contributed by atoms with Crippen molar-refractivity contribution in [2.45, 2.75) is 13.8 Å². The maximum absolute atomic E-state index is 8.74. The van der Waals surface area contributed by atoms with E-state index in [1.165, 1.54) is 0 Å². The van der Waals surface area contributed by atoms with E-state index in [1.54, 1.807) is 18.3 Å². The Bertz CT molecular complexity index is 624. The summed E-state index contributed by atoms with van der Waals surface area (Å²) >= 11 is 0. The van der Waals surface area contributed by atoms with Gasteiger partial charge >= 0.3 is 0 Å². The zero-order chi connectivity index (χ0) is 13.8. The van der Waals surface area contributed by atoms with Crippen LogP contribution in [0.25, 0.3) is 0 Å². The molecule has 1 aromatic heterocycles. The number of amidine groups is 1. The number of hydrogen-bond donors (Lipinski definition) is 2. The summed E-state index contributed by atoms with van der Waals surface area (Å²) in [4.78, 5) is 4.05. The molecule has 0 aliphatic carbocycles. The van der Waals surface area contributed by atoms with Gasteiger partial charge in [-0.05, 0) is 37.6 Å². The summed E-state index contributed by atoms with van der Waals surface area (Å²) in [6, 6.07) is 9.32. The van der Waals surface area contributed by atoms with Gasteiger partial charge in [0.25, 0.3) is 0 Å². The zero-order valence-electron chi connectivity index (χ0n) is 10.8. The molecule has 0 amide bonds. The quantitative estimate of drug-likeness (QED) is 0.383. The number of aryl methyl sites for hydroxylation is 2. The van der Waals surface area contributed by atoms with Crippen LogP contribution in [0, 0.1) is 13.8 Å². The van der Waals surface area contributed by atoms with Crippen LogP contribution in [0.2, 0.25) is 0 Å². The minimum Gasteiger partial charge on any atom is -0.455 e. The molecule has 0 atom stereocenters. The first-order valence-corrected chi connectivity index (χ1v) is 5.80. The predicted molar refractivity (Wildman–Crippen MR) is 72.7 cm³/mol. The summed E-state index contributed by atoms with van der Waals surface area (Å²) in [6.45, 7) is 3.98. The lowest BCUT2D eigenvalue weighted by molar-refractivity contribution is 0.318. The van der Waals surface area contributed by atoms with Crippen LogP contribution in [0.5, 0.6) is 11.5 Å². The van der Waals surface area contributed by atoms with Gasteiger partial charge in [-0.3, -0.25) is 0 Å². The van der Waals surface area contributed by atoms with Gasteiger partial charge in [0.05, 0.1) is 0 Å². The molecule has 5 heteroatoms. The molecule has 2 aromatic rings. The number of aromatic nitrogens is 1. The molecule has 0 bridgehead atoms. The Morgan fingerprint density at radius 2 is 2.05 bits per heavy atom. The van der Waals surface area contributed by atoms with E-state index < -0.39 is 0 Å². The fourth-order valence-corrected chi connectivity index (χ4v) is 1.74. The molecular weight excluding hydrogens is 242 g/mol. The van der Waals surface area contributed by atoms with Gasteiger partial charge < -0.3 is 15.7 Å². The Hall–Kier alpha value is -2.56. The van der Waals surface area contributed by atoms with Crippen LogP contribution in [-0.2, 0) is 0 Å². The summed E-state index contributed by atoms with van der Waals surface area (Å²) in [5.41, 5.74) is 8.05. The minimum atomic E-state index is -0.0830. The van der Waals surface area contributed by atoms with E-state index in [9.17, 15) is 0 Å². The molecule has 5 nitrogen and oxygen atoms in total. The van der Waals surface area contributed by atoms with Crippen LogP contribution >= 0.6 is 0 Å². The summed E-state index contributed by atoms with van der Waals surface area (Å²) in [5, 5.41) is 11.7. The molecule has 0 aliphatic rings. The van der Waals surface area contributed by atoms with Crippen LogP contribution in [0.4, 0.5) is 0 Å². The summed E-state index contributed by atoms with van der Waals surface area (Å²) in [6.07, 6.45) is 1.56. The molecule has 1 aromatic carbocycles. The maximum Gasteiger partial charge on any atom is 0.192 e. The van der Waals surface area contributed by atoms with Gasteiger partial charge in [0.15, 0.2) is 17.3 Å². The van der Waals surface area contributed by atoms with Crippen molar-refractivity contribution in [3.8, 4) is 11.5 Å². The molecule has 2 rings (SSSR count). The highest BCUT2D eigenvalue weighted by Gasteiger charge is 2.11. The third-order valence-corrected chi connectivity index (χ3v) is 2.67. The van der Waals surface area contributed by atoms with Crippen molar-refractivity contribution >= 4 is 5.84 Å². The number of oxime groups is 1. The lowest BCUT2D eigenvalue weighted by Gasteiger charge is -2.11. The van der Waals surface area contributed by atoms with Crippen molar-refractivity contribution in [1.29, 1.82) is 0 Å². The van der Waals surface area contributed by atoms with Crippen LogP contribution < -0.4 is 10.5 Å². The Balaban J connectivity index is 2.38. The van der Waals surface area contributed by atoms with Crippen molar-refractivity contribution in [3.05, 3.63) is 53.3 Å². The van der Waals surface area contributed by atoms with Crippen molar-refractivity contribution in [3.63, 3.8) is 0 Å². The molecule has 1 heterocycles. The zero-order valence-corrected chi connectivity index (χ0v) is 10.8. The second-order valence-electron chi connectivity index (χ2n) is 4.21. The van der Waals surface area contributed by atoms with Crippen molar-refractivity contribution < 1.29 is 9.94 Å². The van der Waals surface area contributed by atoms with E-state index >= 15 is 0 Å². The lowest BCUT2D eigenvalue weighted by Crippen LogP contribution is -2.16. The Labute approximate surface area is 111 Å². The molecule has 0 spiro atoms. The predicted octanol–water partition coefficient (Wildman–Crippen LogP) is 2.59. The molecule has 3 N–H and O–H groups in total. The van der Waals surface area contributed by atoms with Crippen molar-refractivity contribution in [2.24, 2.45) is 10.9 Å².